The summed E-state index contributed by atoms with van der Waals surface area (Å²) >= 11 is 6.03. The third kappa shape index (κ3) is 2.94. The number of rotatable bonds is 2. The van der Waals surface area contributed by atoms with E-state index in [1.54, 1.807) is 30.0 Å². The Morgan fingerprint density at radius 2 is 2.20 bits per heavy atom. The predicted molar refractivity (Wildman–Crippen MR) is 73.8 cm³/mol. The van der Waals surface area contributed by atoms with Gasteiger partial charge in [0.25, 0.3) is 5.91 Å². The molecule has 0 spiro atoms. The predicted octanol–water partition coefficient (Wildman–Crippen LogP) is 1.66. The maximum Gasteiger partial charge on any atom is 0.336 e. The molecule has 108 valence electrons. The van der Waals surface area contributed by atoms with E-state index >= 15 is 0 Å². The Labute approximate surface area is 122 Å². The van der Waals surface area contributed by atoms with E-state index in [4.69, 9.17) is 16.3 Å². The summed E-state index contributed by atoms with van der Waals surface area (Å²) in [4.78, 5) is 25.6. The molecule has 1 aromatic carbocycles. The highest BCUT2D eigenvalue weighted by Gasteiger charge is 2.30. The van der Waals surface area contributed by atoms with Gasteiger partial charge in [-0.3, -0.25) is 4.79 Å². The van der Waals surface area contributed by atoms with Crippen LogP contribution in [0.2, 0.25) is 5.02 Å². The number of halogens is 1. The Bertz CT molecular complexity index is 532. The first-order chi connectivity index (χ1) is 9.54. The summed E-state index contributed by atoms with van der Waals surface area (Å²) in [5.74, 6) is -0.618. The van der Waals surface area contributed by atoms with Crippen LogP contribution in [0.5, 0.6) is 0 Å². The molecule has 0 aromatic heterocycles. The van der Waals surface area contributed by atoms with Crippen molar-refractivity contribution >= 4 is 23.5 Å². The molecule has 1 aliphatic heterocycles. The van der Waals surface area contributed by atoms with Crippen LogP contribution in [0.3, 0.4) is 0 Å². The van der Waals surface area contributed by atoms with Crippen molar-refractivity contribution in [2.75, 3.05) is 26.8 Å². The van der Waals surface area contributed by atoms with Crippen LogP contribution in [0, 0.1) is 6.92 Å². The first-order valence-corrected chi connectivity index (χ1v) is 6.66. The highest BCUT2D eigenvalue weighted by molar-refractivity contribution is 6.31. The molecular formula is C14H16ClNO4. The molecule has 1 aromatic rings. The van der Waals surface area contributed by atoms with Crippen molar-refractivity contribution in [2.24, 2.45) is 0 Å². The number of hydrogen-bond donors (Lipinski definition) is 0. The fraction of sp³-hybridized carbons (Fsp3) is 0.429. The van der Waals surface area contributed by atoms with Gasteiger partial charge in [-0.1, -0.05) is 17.7 Å². The van der Waals surface area contributed by atoms with Crippen LogP contribution in [-0.2, 0) is 14.3 Å². The molecule has 2 rings (SSSR count). The normalized spacial score (nSPS) is 18.8. The monoisotopic (exact) mass is 297 g/mol. The van der Waals surface area contributed by atoms with Crippen LogP contribution >= 0.6 is 11.6 Å². The molecule has 1 saturated heterocycles. The van der Waals surface area contributed by atoms with Gasteiger partial charge in [0, 0.05) is 17.1 Å². The average Bonchev–Trinajstić information content (AvgIpc) is 2.48. The van der Waals surface area contributed by atoms with Crippen LogP contribution in [0.4, 0.5) is 0 Å². The van der Waals surface area contributed by atoms with Crippen molar-refractivity contribution in [1.82, 2.24) is 4.90 Å². The fourth-order valence-corrected chi connectivity index (χ4v) is 2.29. The Morgan fingerprint density at radius 1 is 1.45 bits per heavy atom. The topological polar surface area (TPSA) is 55.8 Å². The van der Waals surface area contributed by atoms with E-state index in [9.17, 15) is 9.59 Å². The Morgan fingerprint density at radius 3 is 2.90 bits per heavy atom. The number of nitrogens with zero attached hydrogens (tertiary/aromatic N) is 1. The third-order valence-corrected chi connectivity index (χ3v) is 3.73. The van der Waals surface area contributed by atoms with Crippen LogP contribution in [0.1, 0.15) is 15.9 Å². The molecule has 0 N–H and O–H groups in total. The number of ether oxygens (including phenoxy) is 2. The van der Waals surface area contributed by atoms with Crippen molar-refractivity contribution in [3.05, 3.63) is 34.3 Å². The van der Waals surface area contributed by atoms with E-state index in [-0.39, 0.29) is 12.5 Å². The van der Waals surface area contributed by atoms with Gasteiger partial charge in [-0.05, 0) is 24.6 Å². The zero-order chi connectivity index (χ0) is 14.7. The van der Waals surface area contributed by atoms with Gasteiger partial charge in [-0.2, -0.15) is 0 Å². The quantitative estimate of drug-likeness (QED) is 0.779. The zero-order valence-electron chi connectivity index (χ0n) is 11.4. The SMILES string of the molecule is COC(=O)C1CN(C(=O)c2cccc(Cl)c2C)CCO1. The molecule has 0 aliphatic carbocycles. The molecule has 6 heteroatoms. The second kappa shape index (κ2) is 6.24. The second-order valence-corrected chi connectivity index (χ2v) is 4.95. The molecule has 0 bridgehead atoms. The lowest BCUT2D eigenvalue weighted by Crippen LogP contribution is -2.49. The molecule has 5 nitrogen and oxygen atoms in total. The summed E-state index contributed by atoms with van der Waals surface area (Å²) in [7, 11) is 1.30. The van der Waals surface area contributed by atoms with Gasteiger partial charge >= 0.3 is 5.97 Å². The van der Waals surface area contributed by atoms with Crippen molar-refractivity contribution in [3.63, 3.8) is 0 Å². The van der Waals surface area contributed by atoms with E-state index in [0.29, 0.717) is 23.7 Å². The van der Waals surface area contributed by atoms with Crippen LogP contribution in [0.15, 0.2) is 18.2 Å². The van der Waals surface area contributed by atoms with Crippen LogP contribution < -0.4 is 0 Å². The lowest BCUT2D eigenvalue weighted by atomic mass is 10.1. The molecule has 1 fully saturated rings. The Balaban J connectivity index is 2.16. The molecular weight excluding hydrogens is 282 g/mol. The summed E-state index contributed by atoms with van der Waals surface area (Å²) in [6.07, 6.45) is -0.725. The zero-order valence-corrected chi connectivity index (χ0v) is 12.1. The molecule has 1 unspecified atom stereocenters. The highest BCUT2D eigenvalue weighted by Crippen LogP contribution is 2.21. The number of carbonyl (C=O) groups excluding carboxylic acids is 2. The fourth-order valence-electron chi connectivity index (χ4n) is 2.12. The number of hydrogen-bond acceptors (Lipinski definition) is 4. The first kappa shape index (κ1) is 14.8. The largest absolute Gasteiger partial charge is 0.467 e. The van der Waals surface area contributed by atoms with E-state index in [1.165, 1.54) is 7.11 Å². The van der Waals surface area contributed by atoms with Gasteiger partial charge < -0.3 is 14.4 Å². The van der Waals surface area contributed by atoms with Crippen LogP contribution in [0.25, 0.3) is 0 Å². The number of carbonyl (C=O) groups is 2. The van der Waals surface area contributed by atoms with Gasteiger partial charge in [0.2, 0.25) is 0 Å². The summed E-state index contributed by atoms with van der Waals surface area (Å²) in [6.45, 7) is 2.74. The molecule has 1 amide bonds. The molecule has 1 aliphatic rings. The average molecular weight is 298 g/mol. The smallest absolute Gasteiger partial charge is 0.336 e. The lowest BCUT2D eigenvalue weighted by molar-refractivity contribution is -0.158. The maximum atomic E-state index is 12.5. The number of morpholine rings is 1. The van der Waals surface area contributed by atoms with Crippen molar-refractivity contribution in [1.29, 1.82) is 0 Å². The molecule has 20 heavy (non-hydrogen) atoms. The first-order valence-electron chi connectivity index (χ1n) is 6.28. The lowest BCUT2D eigenvalue weighted by Gasteiger charge is -2.31. The third-order valence-electron chi connectivity index (χ3n) is 3.32. The molecule has 0 radical (unpaired) electrons. The molecule has 0 saturated carbocycles. The second-order valence-electron chi connectivity index (χ2n) is 4.55. The number of methoxy groups -OCH3 is 1. The summed E-state index contributed by atoms with van der Waals surface area (Å²) in [6, 6.07) is 5.21. The molecule has 1 atom stereocenters. The van der Waals surface area contributed by atoms with E-state index < -0.39 is 12.1 Å². The summed E-state index contributed by atoms with van der Waals surface area (Å²) < 4.78 is 9.95. The van der Waals surface area contributed by atoms with Gasteiger partial charge in [-0.25, -0.2) is 4.79 Å². The minimum Gasteiger partial charge on any atom is -0.467 e. The van der Waals surface area contributed by atoms with Crippen molar-refractivity contribution in [3.8, 4) is 0 Å². The van der Waals surface area contributed by atoms with Gasteiger partial charge in [0.15, 0.2) is 6.10 Å². The maximum absolute atomic E-state index is 12.5. The minimum absolute atomic E-state index is 0.151. The van der Waals surface area contributed by atoms with E-state index in [2.05, 4.69) is 4.74 Å². The summed E-state index contributed by atoms with van der Waals surface area (Å²) in [5.41, 5.74) is 1.28. The van der Waals surface area contributed by atoms with Crippen molar-refractivity contribution < 1.29 is 19.1 Å². The Hall–Kier alpha value is -1.59. The standard InChI is InChI=1S/C14H16ClNO4/c1-9-10(4-3-5-11(9)15)13(17)16-6-7-20-12(8-16)14(18)19-2/h3-5,12H,6-8H2,1-2H3. The van der Waals surface area contributed by atoms with E-state index in [1.807, 2.05) is 0 Å². The van der Waals surface area contributed by atoms with Gasteiger partial charge in [0.1, 0.15) is 0 Å². The van der Waals surface area contributed by atoms with Gasteiger partial charge in [0.05, 0.1) is 20.3 Å². The number of esters is 1. The number of benzene rings is 1. The minimum atomic E-state index is -0.725. The van der Waals surface area contributed by atoms with Gasteiger partial charge in [-0.15, -0.1) is 0 Å². The van der Waals surface area contributed by atoms with Crippen molar-refractivity contribution in [2.45, 2.75) is 13.0 Å². The van der Waals surface area contributed by atoms with Crippen LogP contribution in [-0.4, -0.2) is 49.7 Å². The highest BCUT2D eigenvalue weighted by atomic mass is 35.5. The number of amides is 1. The van der Waals surface area contributed by atoms with E-state index in [0.717, 1.165) is 5.56 Å². The summed E-state index contributed by atoms with van der Waals surface area (Å²) in [5, 5.41) is 0.550. The Kier molecular flexibility index (Phi) is 4.62. The molecule has 1 heterocycles.